The van der Waals surface area contributed by atoms with Gasteiger partial charge in [0.15, 0.2) is 6.29 Å². The van der Waals surface area contributed by atoms with Crippen molar-refractivity contribution in [3.8, 4) is 0 Å². The number of hydrogen-bond acceptors (Lipinski definition) is 5. The number of benzene rings is 2. The maximum Gasteiger partial charge on any atom is 0.426 e. The van der Waals surface area contributed by atoms with Gasteiger partial charge in [-0.3, -0.25) is 9.59 Å². The Bertz CT molecular complexity index is 1170. The summed E-state index contributed by atoms with van der Waals surface area (Å²) >= 11 is 9.47. The van der Waals surface area contributed by atoms with Gasteiger partial charge in [-0.15, -0.1) is 0 Å². The first-order chi connectivity index (χ1) is 15.7. The van der Waals surface area contributed by atoms with Crippen LogP contribution in [0.4, 0.5) is 18.9 Å². The molecule has 6 nitrogen and oxygen atoms in total. The van der Waals surface area contributed by atoms with Gasteiger partial charge < -0.3 is 15.3 Å². The normalized spacial score (nSPS) is 17.7. The molecule has 0 radical (unpaired) electrons. The van der Waals surface area contributed by atoms with Crippen LogP contribution in [0.15, 0.2) is 46.0 Å². The second-order valence-corrected chi connectivity index (χ2v) is 9.96. The maximum atomic E-state index is 14.1. The molecule has 0 aromatic heterocycles. The highest BCUT2D eigenvalue weighted by atomic mass is 79.9. The molecular weight excluding hydrogens is 541 g/mol. The number of carbonyl (C=O) groups excluding carboxylic acids is 2. The minimum absolute atomic E-state index is 0.00740. The number of nitrogens with zero attached hydrogens (tertiary/aromatic N) is 1. The Morgan fingerprint density at radius 3 is 2.53 bits per heavy atom. The number of fused-ring (bicyclic) bond motifs is 1. The van der Waals surface area contributed by atoms with E-state index in [1.54, 1.807) is 13.0 Å². The Kier molecular flexibility index (Phi) is 7.17. The zero-order valence-corrected chi connectivity index (χ0v) is 20.7. The van der Waals surface area contributed by atoms with Gasteiger partial charge in [0, 0.05) is 32.7 Å². The molecule has 3 rings (SSSR count). The highest BCUT2D eigenvalue weighted by Crippen LogP contribution is 2.44. The molecule has 1 heterocycles. The van der Waals surface area contributed by atoms with Gasteiger partial charge in [-0.05, 0) is 42.2 Å². The molecule has 0 bridgehead atoms. The van der Waals surface area contributed by atoms with Crippen molar-refractivity contribution in [2.75, 3.05) is 5.32 Å². The summed E-state index contributed by atoms with van der Waals surface area (Å²) in [7, 11) is 0. The average Bonchev–Trinajstić information content (AvgIpc) is 2.72. The van der Waals surface area contributed by atoms with Crippen LogP contribution in [0, 0.1) is 0 Å². The van der Waals surface area contributed by atoms with Crippen molar-refractivity contribution >= 4 is 51.1 Å². The van der Waals surface area contributed by atoms with E-state index >= 15 is 0 Å². The number of halogens is 5. The van der Waals surface area contributed by atoms with E-state index in [1.807, 2.05) is 0 Å². The summed E-state index contributed by atoms with van der Waals surface area (Å²) in [5, 5.41) is 16.8. The van der Waals surface area contributed by atoms with Crippen molar-refractivity contribution in [2.24, 2.45) is 5.16 Å². The summed E-state index contributed by atoms with van der Waals surface area (Å²) in [5.74, 6) is -1.64. The van der Waals surface area contributed by atoms with Crippen molar-refractivity contribution in [3.05, 3.63) is 62.6 Å². The number of rotatable bonds is 6. The van der Waals surface area contributed by atoms with E-state index in [0.717, 1.165) is 0 Å². The van der Waals surface area contributed by atoms with Gasteiger partial charge in [0.25, 0.3) is 5.91 Å². The molecular formula is C23H21BrClF3N2O4. The van der Waals surface area contributed by atoms with Gasteiger partial charge in [-0.25, -0.2) is 0 Å². The predicted molar refractivity (Wildman–Crippen MR) is 125 cm³/mol. The maximum absolute atomic E-state index is 14.1. The van der Waals surface area contributed by atoms with Gasteiger partial charge in [-0.1, -0.05) is 58.7 Å². The van der Waals surface area contributed by atoms with Gasteiger partial charge >= 0.3 is 6.18 Å². The molecule has 2 unspecified atom stereocenters. The molecule has 0 aliphatic carbocycles. The van der Waals surface area contributed by atoms with Crippen LogP contribution >= 0.6 is 27.5 Å². The van der Waals surface area contributed by atoms with Crippen LogP contribution in [0.3, 0.4) is 0 Å². The van der Waals surface area contributed by atoms with E-state index in [-0.39, 0.29) is 10.7 Å². The highest BCUT2D eigenvalue weighted by Gasteiger charge is 2.61. The molecule has 0 spiro atoms. The van der Waals surface area contributed by atoms with Crippen LogP contribution in [0.1, 0.15) is 50.0 Å². The van der Waals surface area contributed by atoms with E-state index in [2.05, 4.69) is 26.4 Å². The lowest BCUT2D eigenvalue weighted by atomic mass is 9.74. The molecule has 182 valence electrons. The van der Waals surface area contributed by atoms with E-state index < -0.39 is 35.6 Å². The standard InChI is InChI=1S/C23H21BrClF3N2O4/c1-12-16-9-14(5-6-15(16)19(10-31)34-30-12)29-20(32)22(33,23(26,27)28)11-21(2,3)17-7-4-13(24)8-18(17)25/h4-10,19,33H,11H2,1-3H3,(H,29,32). The minimum Gasteiger partial charge on any atom is -0.380 e. The molecule has 0 fully saturated rings. The molecule has 2 aromatic carbocycles. The van der Waals surface area contributed by atoms with Crippen molar-refractivity contribution in [1.82, 2.24) is 0 Å². The van der Waals surface area contributed by atoms with Crippen molar-refractivity contribution in [3.63, 3.8) is 0 Å². The third-order valence-electron chi connectivity index (χ3n) is 5.64. The number of oxime groups is 1. The predicted octanol–water partition coefficient (Wildman–Crippen LogP) is 5.70. The third-order valence-corrected chi connectivity index (χ3v) is 6.44. The van der Waals surface area contributed by atoms with Gasteiger partial charge in [-0.2, -0.15) is 13.2 Å². The number of anilines is 1. The van der Waals surface area contributed by atoms with Gasteiger partial charge in [0.1, 0.15) is 0 Å². The zero-order chi connectivity index (χ0) is 25.5. The number of amides is 1. The quantitative estimate of drug-likeness (QED) is 0.443. The Labute approximate surface area is 207 Å². The monoisotopic (exact) mass is 560 g/mol. The fourth-order valence-electron chi connectivity index (χ4n) is 3.85. The number of alkyl halides is 3. The van der Waals surface area contributed by atoms with E-state index in [1.165, 1.54) is 44.2 Å². The lowest BCUT2D eigenvalue weighted by molar-refractivity contribution is -0.254. The summed E-state index contributed by atoms with van der Waals surface area (Å²) in [6.07, 6.45) is -6.70. The first-order valence-electron chi connectivity index (χ1n) is 10.1. The number of nitrogens with one attached hydrogen (secondary N) is 1. The van der Waals surface area contributed by atoms with E-state index in [9.17, 15) is 27.9 Å². The molecule has 0 saturated heterocycles. The summed E-state index contributed by atoms with van der Waals surface area (Å²) in [6.45, 7) is 4.51. The van der Waals surface area contributed by atoms with Crippen LogP contribution < -0.4 is 5.32 Å². The van der Waals surface area contributed by atoms with Crippen LogP contribution in [-0.4, -0.2) is 34.8 Å². The second kappa shape index (κ2) is 9.31. The van der Waals surface area contributed by atoms with E-state index in [4.69, 9.17) is 16.4 Å². The molecule has 1 aliphatic rings. The molecule has 1 aliphatic heterocycles. The fraction of sp³-hybridized carbons (Fsp3) is 0.348. The largest absolute Gasteiger partial charge is 0.426 e. The van der Waals surface area contributed by atoms with E-state index in [0.29, 0.717) is 33.2 Å². The first kappa shape index (κ1) is 26.2. The second-order valence-electron chi connectivity index (χ2n) is 8.64. The van der Waals surface area contributed by atoms with Crippen LogP contribution in [0.5, 0.6) is 0 Å². The molecule has 0 saturated carbocycles. The lowest BCUT2D eigenvalue weighted by Crippen LogP contribution is -2.57. The molecule has 1 amide bonds. The molecule has 34 heavy (non-hydrogen) atoms. The average molecular weight is 562 g/mol. The van der Waals surface area contributed by atoms with Gasteiger partial charge in [0.05, 0.1) is 5.71 Å². The molecule has 11 heteroatoms. The minimum atomic E-state index is -5.28. The SMILES string of the molecule is CC1=NOC(C=O)c2ccc(NC(=O)C(O)(CC(C)(C)c3ccc(Br)cc3Cl)C(F)(F)F)cc21. The van der Waals surface area contributed by atoms with Crippen molar-refractivity contribution in [1.29, 1.82) is 0 Å². The Balaban J connectivity index is 1.94. The fourth-order valence-corrected chi connectivity index (χ4v) is 4.78. The third kappa shape index (κ3) is 4.99. The smallest absolute Gasteiger partial charge is 0.380 e. The summed E-state index contributed by atoms with van der Waals surface area (Å²) in [6, 6.07) is 8.82. The highest BCUT2D eigenvalue weighted by molar-refractivity contribution is 9.10. The Hall–Kier alpha value is -2.43. The van der Waals surface area contributed by atoms with Crippen molar-refractivity contribution in [2.45, 2.75) is 50.5 Å². The molecule has 2 N–H and O–H groups in total. The van der Waals surface area contributed by atoms with Crippen molar-refractivity contribution < 1.29 is 32.7 Å². The summed E-state index contributed by atoms with van der Waals surface area (Å²) < 4.78 is 42.9. The number of aldehydes is 1. The van der Waals surface area contributed by atoms with Crippen LogP contribution in [0.2, 0.25) is 5.02 Å². The van der Waals surface area contributed by atoms with Crippen LogP contribution in [0.25, 0.3) is 0 Å². The molecule has 2 atom stereocenters. The number of hydrogen-bond donors (Lipinski definition) is 2. The topological polar surface area (TPSA) is 88.0 Å². The Morgan fingerprint density at radius 1 is 1.26 bits per heavy atom. The Morgan fingerprint density at radius 2 is 1.94 bits per heavy atom. The van der Waals surface area contributed by atoms with Gasteiger partial charge in [0.2, 0.25) is 11.7 Å². The zero-order valence-electron chi connectivity index (χ0n) is 18.3. The molecule has 2 aromatic rings. The lowest BCUT2D eigenvalue weighted by Gasteiger charge is -2.37. The summed E-state index contributed by atoms with van der Waals surface area (Å²) in [4.78, 5) is 29.1. The summed E-state index contributed by atoms with van der Waals surface area (Å²) in [5.41, 5.74) is -3.45. The number of carbonyl (C=O) groups is 2. The first-order valence-corrected chi connectivity index (χ1v) is 11.2. The number of aliphatic hydroxyl groups is 1. The van der Waals surface area contributed by atoms with Crippen LogP contribution in [-0.2, 0) is 19.8 Å².